The minimum absolute atomic E-state index is 0.0679. The second-order valence-corrected chi connectivity index (χ2v) is 6.84. The van der Waals surface area contributed by atoms with Crippen LogP contribution in [0.3, 0.4) is 0 Å². The number of aromatic nitrogens is 2. The third-order valence-electron chi connectivity index (χ3n) is 4.18. The van der Waals surface area contributed by atoms with Crippen molar-refractivity contribution in [3.63, 3.8) is 0 Å². The zero-order chi connectivity index (χ0) is 15.5. The number of hydrogen-bond donors (Lipinski definition) is 2. The van der Waals surface area contributed by atoms with Gasteiger partial charge in [0.1, 0.15) is 5.69 Å². The van der Waals surface area contributed by atoms with Crippen LogP contribution in [0.1, 0.15) is 48.8 Å². The Bertz CT molecular complexity index is 510. The van der Waals surface area contributed by atoms with Crippen molar-refractivity contribution >= 4 is 5.91 Å². The van der Waals surface area contributed by atoms with Crippen LogP contribution in [0.2, 0.25) is 0 Å². The maximum atomic E-state index is 12.1. The van der Waals surface area contributed by atoms with Crippen molar-refractivity contribution in [1.29, 1.82) is 0 Å². The molecule has 1 amide bonds. The number of aromatic amines is 1. The molecule has 122 valence electrons. The lowest BCUT2D eigenvalue weighted by Crippen LogP contribution is -2.48. The van der Waals surface area contributed by atoms with Crippen LogP contribution in [0.5, 0.6) is 0 Å². The average molecular weight is 306 g/mol. The van der Waals surface area contributed by atoms with E-state index in [9.17, 15) is 4.79 Å². The van der Waals surface area contributed by atoms with Crippen LogP contribution in [0, 0.1) is 5.92 Å². The maximum absolute atomic E-state index is 12.1. The molecule has 2 aliphatic rings. The molecule has 1 aromatic rings. The third-order valence-corrected chi connectivity index (χ3v) is 4.18. The summed E-state index contributed by atoms with van der Waals surface area (Å²) in [5, 5.41) is 10.0. The first-order valence-corrected chi connectivity index (χ1v) is 8.29. The number of H-pyrrole nitrogens is 1. The minimum atomic E-state index is -0.118. The molecular weight excluding hydrogens is 280 g/mol. The number of carbonyl (C=O) groups excluding carboxylic acids is 1. The normalized spacial score (nSPS) is 23.0. The van der Waals surface area contributed by atoms with E-state index in [0.29, 0.717) is 24.1 Å². The SMILES string of the molecule is CC(C)CN1CCO[C@@H](CNC(=O)c2cc(C3CC3)[nH]n2)C1. The Morgan fingerprint density at radius 3 is 3.09 bits per heavy atom. The van der Waals surface area contributed by atoms with E-state index >= 15 is 0 Å². The van der Waals surface area contributed by atoms with Crippen LogP contribution in [0.25, 0.3) is 0 Å². The van der Waals surface area contributed by atoms with E-state index in [1.165, 1.54) is 12.8 Å². The number of rotatable bonds is 6. The van der Waals surface area contributed by atoms with Crippen molar-refractivity contribution < 1.29 is 9.53 Å². The summed E-state index contributed by atoms with van der Waals surface area (Å²) < 4.78 is 5.74. The lowest BCUT2D eigenvalue weighted by molar-refractivity contribution is -0.0295. The summed E-state index contributed by atoms with van der Waals surface area (Å²) in [4.78, 5) is 14.5. The molecule has 0 radical (unpaired) electrons. The van der Waals surface area contributed by atoms with Gasteiger partial charge in [-0.3, -0.25) is 14.8 Å². The van der Waals surface area contributed by atoms with Crippen LogP contribution >= 0.6 is 0 Å². The smallest absolute Gasteiger partial charge is 0.271 e. The van der Waals surface area contributed by atoms with E-state index in [0.717, 1.165) is 31.9 Å². The van der Waals surface area contributed by atoms with E-state index in [2.05, 4.69) is 34.3 Å². The fourth-order valence-corrected chi connectivity index (χ4v) is 2.94. The Labute approximate surface area is 131 Å². The molecule has 0 aromatic carbocycles. The molecule has 1 saturated heterocycles. The Kier molecular flexibility index (Phi) is 4.78. The first-order valence-electron chi connectivity index (χ1n) is 8.29. The van der Waals surface area contributed by atoms with Gasteiger partial charge in [0.25, 0.3) is 5.91 Å². The first kappa shape index (κ1) is 15.5. The van der Waals surface area contributed by atoms with E-state index < -0.39 is 0 Å². The lowest BCUT2D eigenvalue weighted by Gasteiger charge is -2.33. The number of nitrogens with one attached hydrogen (secondary N) is 2. The Morgan fingerprint density at radius 2 is 2.36 bits per heavy atom. The zero-order valence-electron chi connectivity index (χ0n) is 13.5. The molecule has 3 rings (SSSR count). The average Bonchev–Trinajstić information content (AvgIpc) is 3.22. The molecule has 2 heterocycles. The molecule has 6 heteroatoms. The molecule has 1 aromatic heterocycles. The summed E-state index contributed by atoms with van der Waals surface area (Å²) in [6.45, 7) is 8.67. The molecule has 2 N–H and O–H groups in total. The van der Waals surface area contributed by atoms with E-state index in [-0.39, 0.29) is 12.0 Å². The van der Waals surface area contributed by atoms with Crippen LogP contribution in [0.4, 0.5) is 0 Å². The highest BCUT2D eigenvalue weighted by molar-refractivity contribution is 5.92. The van der Waals surface area contributed by atoms with Crippen molar-refractivity contribution in [2.24, 2.45) is 5.92 Å². The number of ether oxygens (including phenoxy) is 1. The summed E-state index contributed by atoms with van der Waals surface area (Å²) in [5.41, 5.74) is 1.57. The second kappa shape index (κ2) is 6.79. The standard InChI is InChI=1S/C16H26N4O2/c1-11(2)9-20-5-6-22-13(10-20)8-17-16(21)15-7-14(18-19-15)12-3-4-12/h7,11-13H,3-6,8-10H2,1-2H3,(H,17,21)(H,18,19)/t13-/m0/s1. The van der Waals surface area contributed by atoms with E-state index in [4.69, 9.17) is 4.74 Å². The molecule has 0 spiro atoms. The largest absolute Gasteiger partial charge is 0.374 e. The summed E-state index contributed by atoms with van der Waals surface area (Å²) >= 11 is 0. The first-order chi connectivity index (χ1) is 10.6. The van der Waals surface area contributed by atoms with Gasteiger partial charge in [-0.15, -0.1) is 0 Å². The number of hydrogen-bond acceptors (Lipinski definition) is 4. The van der Waals surface area contributed by atoms with Gasteiger partial charge in [0.2, 0.25) is 0 Å². The topological polar surface area (TPSA) is 70.2 Å². The van der Waals surface area contributed by atoms with Crippen LogP contribution in [0.15, 0.2) is 6.07 Å². The number of morpholine rings is 1. The number of carbonyl (C=O) groups is 1. The summed E-state index contributed by atoms with van der Waals surface area (Å²) in [6, 6.07) is 1.87. The van der Waals surface area contributed by atoms with Gasteiger partial charge in [-0.25, -0.2) is 0 Å². The van der Waals surface area contributed by atoms with Crippen molar-refractivity contribution in [3.05, 3.63) is 17.5 Å². The summed E-state index contributed by atoms with van der Waals surface area (Å²) in [6.07, 6.45) is 2.47. The number of amides is 1. The maximum Gasteiger partial charge on any atom is 0.271 e. The van der Waals surface area contributed by atoms with Crippen LogP contribution in [-0.2, 0) is 4.74 Å². The predicted octanol–water partition coefficient (Wildman–Crippen LogP) is 1.37. The van der Waals surface area contributed by atoms with Gasteiger partial charge in [-0.1, -0.05) is 13.8 Å². The molecule has 1 aliphatic heterocycles. The molecule has 1 saturated carbocycles. The predicted molar refractivity (Wildman–Crippen MR) is 83.9 cm³/mol. The second-order valence-electron chi connectivity index (χ2n) is 6.84. The quantitative estimate of drug-likeness (QED) is 0.833. The molecule has 1 aliphatic carbocycles. The van der Waals surface area contributed by atoms with Crippen LogP contribution in [-0.4, -0.2) is 59.9 Å². The highest BCUT2D eigenvalue weighted by Gasteiger charge is 2.27. The van der Waals surface area contributed by atoms with Crippen molar-refractivity contribution in [1.82, 2.24) is 20.4 Å². The van der Waals surface area contributed by atoms with Gasteiger partial charge in [0.05, 0.1) is 12.7 Å². The van der Waals surface area contributed by atoms with Gasteiger partial charge in [0.15, 0.2) is 0 Å². The van der Waals surface area contributed by atoms with Gasteiger partial charge in [-0.2, -0.15) is 5.10 Å². The fourth-order valence-electron chi connectivity index (χ4n) is 2.94. The molecule has 0 bridgehead atoms. The Hall–Kier alpha value is -1.40. The van der Waals surface area contributed by atoms with Gasteiger partial charge >= 0.3 is 0 Å². The van der Waals surface area contributed by atoms with Gasteiger partial charge in [0, 0.05) is 37.8 Å². The molecule has 22 heavy (non-hydrogen) atoms. The minimum Gasteiger partial charge on any atom is -0.374 e. The molecular formula is C16H26N4O2. The van der Waals surface area contributed by atoms with Gasteiger partial charge < -0.3 is 10.1 Å². The van der Waals surface area contributed by atoms with Crippen molar-refractivity contribution in [2.45, 2.75) is 38.7 Å². The zero-order valence-corrected chi connectivity index (χ0v) is 13.5. The summed E-state index contributed by atoms with van der Waals surface area (Å²) in [5.74, 6) is 1.12. The monoisotopic (exact) mass is 306 g/mol. The number of nitrogens with zero attached hydrogens (tertiary/aromatic N) is 2. The molecule has 6 nitrogen and oxygen atoms in total. The highest BCUT2D eigenvalue weighted by Crippen LogP contribution is 2.38. The van der Waals surface area contributed by atoms with Crippen molar-refractivity contribution in [2.75, 3.05) is 32.8 Å². The Balaban J connectivity index is 1.45. The fraction of sp³-hybridized carbons (Fsp3) is 0.750. The van der Waals surface area contributed by atoms with E-state index in [1.807, 2.05) is 6.07 Å². The van der Waals surface area contributed by atoms with Crippen molar-refractivity contribution in [3.8, 4) is 0 Å². The highest BCUT2D eigenvalue weighted by atomic mass is 16.5. The van der Waals surface area contributed by atoms with E-state index in [1.54, 1.807) is 0 Å². The molecule has 1 atom stereocenters. The molecule has 0 unspecified atom stereocenters. The lowest BCUT2D eigenvalue weighted by atomic mass is 10.2. The van der Waals surface area contributed by atoms with Gasteiger partial charge in [-0.05, 0) is 24.8 Å². The van der Waals surface area contributed by atoms with Crippen LogP contribution < -0.4 is 5.32 Å². The summed E-state index contributed by atoms with van der Waals surface area (Å²) in [7, 11) is 0. The Morgan fingerprint density at radius 1 is 1.55 bits per heavy atom. The third kappa shape index (κ3) is 4.08. The molecule has 2 fully saturated rings.